The van der Waals surface area contributed by atoms with Crippen molar-refractivity contribution >= 4 is 23.3 Å². The Morgan fingerprint density at radius 1 is 0.893 bits per heavy atom. The number of benzene rings is 2. The van der Waals surface area contributed by atoms with Crippen molar-refractivity contribution in [3.05, 3.63) is 78.5 Å². The van der Waals surface area contributed by atoms with Crippen LogP contribution < -0.4 is 15.5 Å². The van der Waals surface area contributed by atoms with E-state index < -0.39 is 0 Å². The molecule has 142 valence electrons. The lowest BCUT2D eigenvalue weighted by atomic mass is 10.0. The Labute approximate surface area is 164 Å². The molecular weight excluding hydrogens is 352 g/mol. The van der Waals surface area contributed by atoms with E-state index >= 15 is 0 Å². The highest BCUT2D eigenvalue weighted by Crippen LogP contribution is 2.19. The van der Waals surface area contributed by atoms with E-state index in [1.54, 1.807) is 24.4 Å². The van der Waals surface area contributed by atoms with Crippen molar-refractivity contribution in [1.82, 2.24) is 10.3 Å². The van der Waals surface area contributed by atoms with Crippen molar-refractivity contribution in [3.63, 3.8) is 0 Å². The summed E-state index contributed by atoms with van der Waals surface area (Å²) in [6, 6.07) is 20.8. The number of carbonyl (C=O) groups is 2. The van der Waals surface area contributed by atoms with Gasteiger partial charge in [0.1, 0.15) is 5.82 Å². The Bertz CT molecular complexity index is 937. The van der Waals surface area contributed by atoms with Crippen LogP contribution in [0.25, 0.3) is 11.1 Å². The van der Waals surface area contributed by atoms with E-state index in [9.17, 15) is 9.59 Å². The molecule has 2 N–H and O–H groups in total. The molecule has 0 unspecified atom stereocenters. The van der Waals surface area contributed by atoms with Crippen LogP contribution in [-0.4, -0.2) is 37.4 Å². The number of rotatable bonds is 6. The molecule has 6 nitrogen and oxygen atoms in total. The van der Waals surface area contributed by atoms with E-state index in [2.05, 4.69) is 15.6 Å². The summed E-state index contributed by atoms with van der Waals surface area (Å²) in [5.41, 5.74) is 3.20. The normalized spacial score (nSPS) is 10.2. The minimum Gasteiger partial charge on any atom is -0.363 e. The van der Waals surface area contributed by atoms with E-state index in [-0.39, 0.29) is 18.4 Å². The van der Waals surface area contributed by atoms with Gasteiger partial charge in [0.2, 0.25) is 5.91 Å². The quantitative estimate of drug-likeness (QED) is 0.695. The van der Waals surface area contributed by atoms with Gasteiger partial charge >= 0.3 is 0 Å². The summed E-state index contributed by atoms with van der Waals surface area (Å²) in [7, 11) is 3.78. The number of carbonyl (C=O) groups excluding carboxylic acids is 2. The number of aromatic nitrogens is 1. The van der Waals surface area contributed by atoms with Crippen LogP contribution in [0.1, 0.15) is 10.4 Å². The molecule has 3 rings (SSSR count). The topological polar surface area (TPSA) is 74.3 Å². The number of nitrogens with zero attached hydrogens (tertiary/aromatic N) is 2. The molecule has 0 aliphatic heterocycles. The molecule has 28 heavy (non-hydrogen) atoms. The Kier molecular flexibility index (Phi) is 6.01. The van der Waals surface area contributed by atoms with Gasteiger partial charge in [-0.15, -0.1) is 0 Å². The van der Waals surface area contributed by atoms with E-state index in [4.69, 9.17) is 0 Å². The molecule has 0 aliphatic carbocycles. The Morgan fingerprint density at radius 3 is 2.18 bits per heavy atom. The first-order valence-corrected chi connectivity index (χ1v) is 8.90. The zero-order valence-electron chi connectivity index (χ0n) is 15.8. The molecule has 0 spiro atoms. The highest BCUT2D eigenvalue weighted by atomic mass is 16.2. The Hall–Kier alpha value is -3.67. The SMILES string of the molecule is CN(C)c1ccc(NC(=O)CNC(=O)c2ccc(-c3ccccc3)cc2)cn1. The van der Waals surface area contributed by atoms with E-state index in [1.807, 2.05) is 67.5 Å². The van der Waals surface area contributed by atoms with E-state index in [0.29, 0.717) is 11.3 Å². The van der Waals surface area contributed by atoms with Gasteiger partial charge in [0.15, 0.2) is 0 Å². The third-order valence-corrected chi connectivity index (χ3v) is 4.15. The predicted molar refractivity (Wildman–Crippen MR) is 111 cm³/mol. The van der Waals surface area contributed by atoms with Crippen molar-refractivity contribution < 1.29 is 9.59 Å². The lowest BCUT2D eigenvalue weighted by Gasteiger charge is -2.12. The highest BCUT2D eigenvalue weighted by molar-refractivity contribution is 5.99. The average molecular weight is 374 g/mol. The molecule has 1 heterocycles. The number of nitrogens with one attached hydrogen (secondary N) is 2. The molecule has 1 aromatic heterocycles. The summed E-state index contributed by atoms with van der Waals surface area (Å²) in [6.45, 7) is -0.116. The van der Waals surface area contributed by atoms with Gasteiger partial charge < -0.3 is 15.5 Å². The molecule has 0 fully saturated rings. The minimum absolute atomic E-state index is 0.116. The number of hydrogen-bond acceptors (Lipinski definition) is 4. The standard InChI is InChI=1S/C22H22N4O2/c1-26(2)20-13-12-19(14-23-20)25-21(27)15-24-22(28)18-10-8-17(9-11-18)16-6-4-3-5-7-16/h3-14H,15H2,1-2H3,(H,24,28)(H,25,27). The van der Waals surface area contributed by atoms with Crippen molar-refractivity contribution in [2.24, 2.45) is 0 Å². The third kappa shape index (κ3) is 4.94. The lowest BCUT2D eigenvalue weighted by molar-refractivity contribution is -0.115. The minimum atomic E-state index is -0.311. The number of anilines is 2. The summed E-state index contributed by atoms with van der Waals surface area (Å²) in [5.74, 6) is 0.190. The molecule has 2 aromatic carbocycles. The van der Waals surface area contributed by atoms with Gasteiger partial charge in [-0.25, -0.2) is 4.98 Å². The zero-order valence-corrected chi connectivity index (χ0v) is 15.8. The third-order valence-electron chi connectivity index (χ3n) is 4.15. The van der Waals surface area contributed by atoms with Gasteiger partial charge in [0.05, 0.1) is 18.4 Å². The number of hydrogen-bond donors (Lipinski definition) is 2. The fourth-order valence-electron chi connectivity index (χ4n) is 2.64. The van der Waals surface area contributed by atoms with Crippen LogP contribution in [0.3, 0.4) is 0 Å². The van der Waals surface area contributed by atoms with Crippen LogP contribution in [-0.2, 0) is 4.79 Å². The smallest absolute Gasteiger partial charge is 0.251 e. The zero-order chi connectivity index (χ0) is 19.9. The van der Waals surface area contributed by atoms with E-state index in [1.165, 1.54) is 0 Å². The van der Waals surface area contributed by atoms with Crippen LogP contribution in [0.15, 0.2) is 72.9 Å². The van der Waals surface area contributed by atoms with Crippen LogP contribution in [0.5, 0.6) is 0 Å². The van der Waals surface area contributed by atoms with Crippen LogP contribution in [0, 0.1) is 0 Å². The summed E-state index contributed by atoms with van der Waals surface area (Å²) < 4.78 is 0. The van der Waals surface area contributed by atoms with Crippen LogP contribution in [0.2, 0.25) is 0 Å². The number of pyridine rings is 1. The summed E-state index contributed by atoms with van der Waals surface area (Å²) in [6.07, 6.45) is 1.58. The van der Waals surface area contributed by atoms with Crippen LogP contribution in [0.4, 0.5) is 11.5 Å². The summed E-state index contributed by atoms with van der Waals surface area (Å²) in [5, 5.41) is 5.34. The molecule has 0 atom stereocenters. The van der Waals surface area contributed by atoms with Gasteiger partial charge in [-0.2, -0.15) is 0 Å². The van der Waals surface area contributed by atoms with Gasteiger partial charge in [-0.3, -0.25) is 9.59 Å². The van der Waals surface area contributed by atoms with E-state index in [0.717, 1.165) is 16.9 Å². The summed E-state index contributed by atoms with van der Waals surface area (Å²) in [4.78, 5) is 30.4. The first kappa shape index (κ1) is 19.1. The molecule has 0 bridgehead atoms. The second-order valence-electron chi connectivity index (χ2n) is 6.47. The molecule has 0 saturated carbocycles. The number of amides is 2. The highest BCUT2D eigenvalue weighted by Gasteiger charge is 2.09. The fourth-order valence-corrected chi connectivity index (χ4v) is 2.64. The summed E-state index contributed by atoms with van der Waals surface area (Å²) >= 11 is 0. The van der Waals surface area contributed by atoms with Crippen molar-refractivity contribution in [2.45, 2.75) is 0 Å². The maximum atomic E-state index is 12.3. The van der Waals surface area contributed by atoms with Gasteiger partial charge in [-0.1, -0.05) is 42.5 Å². The largest absolute Gasteiger partial charge is 0.363 e. The average Bonchev–Trinajstić information content (AvgIpc) is 2.73. The maximum absolute atomic E-state index is 12.3. The first-order valence-electron chi connectivity index (χ1n) is 8.90. The second kappa shape index (κ2) is 8.81. The second-order valence-corrected chi connectivity index (χ2v) is 6.47. The molecular formula is C22H22N4O2. The first-order chi connectivity index (χ1) is 13.5. The maximum Gasteiger partial charge on any atom is 0.251 e. The van der Waals surface area contributed by atoms with Crippen molar-refractivity contribution in [1.29, 1.82) is 0 Å². The van der Waals surface area contributed by atoms with Gasteiger partial charge in [-0.05, 0) is 35.4 Å². The van der Waals surface area contributed by atoms with Crippen LogP contribution >= 0.6 is 0 Å². The van der Waals surface area contributed by atoms with Gasteiger partial charge in [0, 0.05) is 19.7 Å². The Balaban J connectivity index is 1.52. The van der Waals surface area contributed by atoms with Crippen molar-refractivity contribution in [2.75, 3.05) is 30.9 Å². The monoisotopic (exact) mass is 374 g/mol. The molecule has 0 saturated heterocycles. The molecule has 0 radical (unpaired) electrons. The Morgan fingerprint density at radius 2 is 1.57 bits per heavy atom. The predicted octanol–water partition coefficient (Wildman–Crippen LogP) is 3.18. The molecule has 0 aliphatic rings. The molecule has 2 amide bonds. The van der Waals surface area contributed by atoms with Crippen molar-refractivity contribution in [3.8, 4) is 11.1 Å². The lowest BCUT2D eigenvalue weighted by Crippen LogP contribution is -2.32. The van der Waals surface area contributed by atoms with Gasteiger partial charge in [0.25, 0.3) is 5.91 Å². The fraction of sp³-hybridized carbons (Fsp3) is 0.136. The molecule has 3 aromatic rings. The molecule has 6 heteroatoms.